The van der Waals surface area contributed by atoms with Crippen molar-refractivity contribution in [3.63, 3.8) is 0 Å². The smallest absolute Gasteiger partial charge is 0.371 e. The highest BCUT2D eigenvalue weighted by Crippen LogP contribution is 2.16. The molecule has 0 saturated heterocycles. The Balaban J connectivity index is 2.07. The summed E-state index contributed by atoms with van der Waals surface area (Å²) in [5.74, 6) is -0.378. The van der Waals surface area contributed by atoms with Gasteiger partial charge in [0.25, 0.3) is 0 Å². The summed E-state index contributed by atoms with van der Waals surface area (Å²) in [6, 6.07) is 16.0. The minimum Gasteiger partial charge on any atom is -0.371 e. The third-order valence-corrected chi connectivity index (χ3v) is 6.81. The largest absolute Gasteiger partial charge is 0.529 e. The summed E-state index contributed by atoms with van der Waals surface area (Å²) < 4.78 is 17.4. The van der Waals surface area contributed by atoms with Gasteiger partial charge in [-0.15, -0.1) is 0 Å². The SMILES string of the molecule is CCO[Si](/C=C/c1ccc(C(=O)CC(=O)c2ccccc2)cc1)(OCC)OCC. The lowest BCUT2D eigenvalue weighted by atomic mass is 10.0. The highest BCUT2D eigenvalue weighted by Gasteiger charge is 2.37. The van der Waals surface area contributed by atoms with Crippen LogP contribution in [0.1, 0.15) is 53.5 Å². The molecule has 0 atom stereocenters. The van der Waals surface area contributed by atoms with Gasteiger partial charge in [-0.25, -0.2) is 0 Å². The average molecular weight is 413 g/mol. The minimum absolute atomic E-state index is 0.145. The first kappa shape index (κ1) is 22.9. The van der Waals surface area contributed by atoms with E-state index >= 15 is 0 Å². The highest BCUT2D eigenvalue weighted by atomic mass is 28.4. The number of carbonyl (C=O) groups excluding carboxylic acids is 2. The van der Waals surface area contributed by atoms with Crippen LogP contribution in [0.25, 0.3) is 6.08 Å². The first-order valence-electron chi connectivity index (χ1n) is 9.86. The van der Waals surface area contributed by atoms with Crippen molar-refractivity contribution in [3.05, 3.63) is 77.0 Å². The van der Waals surface area contributed by atoms with Gasteiger partial charge < -0.3 is 13.3 Å². The summed E-state index contributed by atoms with van der Waals surface area (Å²) in [4.78, 5) is 24.6. The summed E-state index contributed by atoms with van der Waals surface area (Å²) in [5, 5.41) is 0. The van der Waals surface area contributed by atoms with Crippen LogP contribution in [0.15, 0.2) is 60.3 Å². The molecule has 0 heterocycles. The Morgan fingerprint density at radius 1 is 0.759 bits per heavy atom. The van der Waals surface area contributed by atoms with E-state index in [0.29, 0.717) is 30.9 Å². The third-order valence-electron chi connectivity index (χ3n) is 4.17. The van der Waals surface area contributed by atoms with E-state index < -0.39 is 8.80 Å². The molecule has 2 aromatic carbocycles. The summed E-state index contributed by atoms with van der Waals surface area (Å²) in [5.41, 5.74) is 3.81. The number of Topliss-reactive ketones (excluding diaryl/α,β-unsaturated/α-hetero) is 2. The molecule has 2 rings (SSSR count). The maximum Gasteiger partial charge on any atom is 0.529 e. The molecule has 29 heavy (non-hydrogen) atoms. The fraction of sp³-hybridized carbons (Fsp3) is 0.304. The van der Waals surface area contributed by atoms with Gasteiger partial charge in [0.2, 0.25) is 0 Å². The maximum absolute atomic E-state index is 12.4. The topological polar surface area (TPSA) is 61.8 Å². The molecule has 0 spiro atoms. The lowest BCUT2D eigenvalue weighted by Crippen LogP contribution is -2.44. The van der Waals surface area contributed by atoms with Crippen molar-refractivity contribution in [1.82, 2.24) is 0 Å². The zero-order chi connectivity index (χ0) is 21.1. The van der Waals surface area contributed by atoms with E-state index in [-0.39, 0.29) is 18.0 Å². The van der Waals surface area contributed by atoms with Crippen LogP contribution in [0.2, 0.25) is 0 Å². The molecule has 0 radical (unpaired) electrons. The van der Waals surface area contributed by atoms with Gasteiger partial charge in [0, 0.05) is 30.9 Å². The van der Waals surface area contributed by atoms with Crippen molar-refractivity contribution in [2.75, 3.05) is 19.8 Å². The van der Waals surface area contributed by atoms with Gasteiger partial charge in [-0.1, -0.05) is 60.7 Å². The zero-order valence-corrected chi connectivity index (χ0v) is 18.2. The van der Waals surface area contributed by atoms with Gasteiger partial charge in [0.1, 0.15) is 0 Å². The Bertz CT molecular complexity index is 798. The molecule has 0 saturated carbocycles. The van der Waals surface area contributed by atoms with Crippen LogP contribution >= 0.6 is 0 Å². The first-order valence-corrected chi connectivity index (χ1v) is 11.7. The quantitative estimate of drug-likeness (QED) is 0.286. The average Bonchev–Trinajstić information content (AvgIpc) is 2.74. The van der Waals surface area contributed by atoms with Crippen molar-refractivity contribution < 1.29 is 22.9 Å². The van der Waals surface area contributed by atoms with Crippen LogP contribution in [0.4, 0.5) is 0 Å². The fourth-order valence-corrected chi connectivity index (χ4v) is 4.97. The molecule has 0 aromatic heterocycles. The number of hydrogen-bond donors (Lipinski definition) is 0. The lowest BCUT2D eigenvalue weighted by Gasteiger charge is -2.25. The number of ketones is 2. The van der Waals surface area contributed by atoms with E-state index in [1.807, 2.05) is 50.7 Å². The molecular formula is C23H28O5Si. The second-order valence-corrected chi connectivity index (χ2v) is 8.65. The Labute approximate surface area is 173 Å². The van der Waals surface area contributed by atoms with E-state index in [2.05, 4.69) is 0 Å². The molecule has 0 unspecified atom stereocenters. The van der Waals surface area contributed by atoms with Gasteiger partial charge in [0.05, 0.1) is 6.42 Å². The summed E-state index contributed by atoms with van der Waals surface area (Å²) in [6.07, 6.45) is 1.74. The Kier molecular flexibility index (Phi) is 9.14. The molecule has 154 valence electrons. The van der Waals surface area contributed by atoms with E-state index in [0.717, 1.165) is 5.56 Å². The van der Waals surface area contributed by atoms with Crippen LogP contribution in [0.5, 0.6) is 0 Å². The molecule has 2 aromatic rings. The van der Waals surface area contributed by atoms with Crippen LogP contribution in [0.3, 0.4) is 0 Å². The molecule has 0 aliphatic rings. The Hall–Kier alpha value is -2.38. The molecule has 0 aliphatic carbocycles. The zero-order valence-electron chi connectivity index (χ0n) is 17.2. The van der Waals surface area contributed by atoms with Crippen LogP contribution in [-0.4, -0.2) is 40.2 Å². The number of benzene rings is 2. The Morgan fingerprint density at radius 2 is 1.24 bits per heavy atom. The van der Waals surface area contributed by atoms with E-state index in [4.69, 9.17) is 13.3 Å². The monoisotopic (exact) mass is 412 g/mol. The molecule has 5 nitrogen and oxygen atoms in total. The van der Waals surface area contributed by atoms with Crippen LogP contribution < -0.4 is 0 Å². The molecule has 0 bridgehead atoms. The summed E-state index contributed by atoms with van der Waals surface area (Å²) in [7, 11) is -2.87. The molecule has 0 N–H and O–H groups in total. The molecule has 6 heteroatoms. The van der Waals surface area contributed by atoms with Crippen molar-refractivity contribution >= 4 is 26.4 Å². The summed E-state index contributed by atoms with van der Waals surface area (Å²) in [6.45, 7) is 7.22. The number of hydrogen-bond acceptors (Lipinski definition) is 5. The van der Waals surface area contributed by atoms with Gasteiger partial charge in [-0.05, 0) is 32.0 Å². The number of rotatable bonds is 12. The molecular weight excluding hydrogens is 384 g/mol. The maximum atomic E-state index is 12.4. The van der Waals surface area contributed by atoms with E-state index in [1.54, 1.807) is 36.4 Å². The second kappa shape index (κ2) is 11.6. The lowest BCUT2D eigenvalue weighted by molar-refractivity contribution is 0.0842. The van der Waals surface area contributed by atoms with E-state index in [9.17, 15) is 9.59 Å². The van der Waals surface area contributed by atoms with Gasteiger partial charge in [0.15, 0.2) is 11.6 Å². The van der Waals surface area contributed by atoms with Crippen molar-refractivity contribution in [2.45, 2.75) is 27.2 Å². The second-order valence-electron chi connectivity index (χ2n) is 6.25. The molecule has 0 aliphatic heterocycles. The van der Waals surface area contributed by atoms with Gasteiger partial charge in [-0.3, -0.25) is 9.59 Å². The first-order chi connectivity index (χ1) is 14.0. The Morgan fingerprint density at radius 3 is 1.72 bits per heavy atom. The van der Waals surface area contributed by atoms with Crippen molar-refractivity contribution in [3.8, 4) is 0 Å². The van der Waals surface area contributed by atoms with Crippen molar-refractivity contribution in [2.24, 2.45) is 0 Å². The summed E-state index contributed by atoms with van der Waals surface area (Å²) >= 11 is 0. The predicted octanol–water partition coefficient (Wildman–Crippen LogP) is 4.74. The van der Waals surface area contributed by atoms with Crippen LogP contribution in [0, 0.1) is 0 Å². The minimum atomic E-state index is -2.87. The van der Waals surface area contributed by atoms with Crippen molar-refractivity contribution in [1.29, 1.82) is 0 Å². The van der Waals surface area contributed by atoms with Gasteiger partial charge >= 0.3 is 8.80 Å². The standard InChI is InChI=1S/C23H28O5Si/c1-4-26-29(27-5-2,28-6-3)17-16-19-12-14-21(15-13-19)23(25)18-22(24)20-10-8-7-9-11-20/h7-17H,4-6,18H2,1-3H3/b17-16+. The molecule has 0 amide bonds. The highest BCUT2D eigenvalue weighted by molar-refractivity contribution is 6.67. The third kappa shape index (κ3) is 6.87. The normalized spacial score (nSPS) is 11.7. The fourth-order valence-electron chi connectivity index (χ4n) is 2.83. The van der Waals surface area contributed by atoms with E-state index in [1.165, 1.54) is 0 Å². The van der Waals surface area contributed by atoms with Gasteiger partial charge in [-0.2, -0.15) is 0 Å². The number of carbonyl (C=O) groups is 2. The molecule has 0 fully saturated rings. The predicted molar refractivity (Wildman–Crippen MR) is 116 cm³/mol. The van der Waals surface area contributed by atoms with Crippen LogP contribution in [-0.2, 0) is 13.3 Å².